The molecule has 0 radical (unpaired) electrons. The van der Waals surface area contributed by atoms with Crippen molar-refractivity contribution in [2.24, 2.45) is 5.10 Å². The van der Waals surface area contributed by atoms with Crippen LogP contribution in [0.1, 0.15) is 11.1 Å². The Kier molecular flexibility index (Phi) is 5.21. The summed E-state index contributed by atoms with van der Waals surface area (Å²) in [6.07, 6.45) is 1.55. The van der Waals surface area contributed by atoms with Crippen LogP contribution in [-0.4, -0.2) is 16.3 Å². The average molecular weight is 373 g/mol. The maximum Gasteiger partial charge on any atom is 0.191 e. The quantitative estimate of drug-likeness (QED) is 0.304. The van der Waals surface area contributed by atoms with Crippen LogP contribution in [0.5, 0.6) is 0 Å². The van der Waals surface area contributed by atoms with Gasteiger partial charge < -0.3 is 5.32 Å². The molecule has 0 aliphatic rings. The number of pyridine rings is 1. The van der Waals surface area contributed by atoms with Gasteiger partial charge in [-0.3, -0.25) is 5.43 Å². The molecule has 25 heavy (non-hydrogen) atoms. The van der Waals surface area contributed by atoms with Gasteiger partial charge in [0.25, 0.3) is 0 Å². The third-order valence-electron chi connectivity index (χ3n) is 3.43. The third-order valence-corrected chi connectivity index (χ3v) is 3.92. The fraction of sp³-hybridized carbons (Fsp3) is 0.0556. The number of nitrogens with zero attached hydrogens (tertiary/aromatic N) is 2. The lowest BCUT2D eigenvalue weighted by molar-refractivity contribution is 0.628. The Bertz CT molecular complexity index is 957. The highest BCUT2D eigenvalue weighted by Crippen LogP contribution is 2.20. The lowest BCUT2D eigenvalue weighted by atomic mass is 10.1. The normalized spacial score (nSPS) is 11.0. The summed E-state index contributed by atoms with van der Waals surface area (Å²) in [5, 5.41) is 8.58. The minimum Gasteiger partial charge on any atom is -0.331 e. The fourth-order valence-electron chi connectivity index (χ4n) is 2.21. The van der Waals surface area contributed by atoms with Crippen LogP contribution in [0.2, 0.25) is 5.15 Å². The van der Waals surface area contributed by atoms with Gasteiger partial charge in [-0.15, -0.1) is 0 Å². The summed E-state index contributed by atoms with van der Waals surface area (Å²) >= 11 is 11.3. The van der Waals surface area contributed by atoms with Gasteiger partial charge in [0.1, 0.15) is 11.0 Å². The number of hydrogen-bond acceptors (Lipinski definition) is 3. The third kappa shape index (κ3) is 4.49. The van der Waals surface area contributed by atoms with E-state index in [1.54, 1.807) is 18.3 Å². The lowest BCUT2D eigenvalue weighted by Gasteiger charge is -2.07. The summed E-state index contributed by atoms with van der Waals surface area (Å²) in [5.41, 5.74) is 5.98. The van der Waals surface area contributed by atoms with Crippen molar-refractivity contribution in [3.05, 3.63) is 70.6 Å². The van der Waals surface area contributed by atoms with Crippen LogP contribution in [0.15, 0.2) is 53.6 Å². The van der Waals surface area contributed by atoms with Crippen molar-refractivity contribution in [3.8, 4) is 0 Å². The maximum atomic E-state index is 12.9. The van der Waals surface area contributed by atoms with Crippen molar-refractivity contribution in [1.82, 2.24) is 10.4 Å². The van der Waals surface area contributed by atoms with Crippen LogP contribution in [0.25, 0.3) is 10.9 Å². The molecule has 0 fully saturated rings. The summed E-state index contributed by atoms with van der Waals surface area (Å²) in [4.78, 5) is 4.37. The second-order valence-corrected chi connectivity index (χ2v) is 6.16. The number of halogens is 2. The van der Waals surface area contributed by atoms with Crippen molar-refractivity contribution in [2.75, 3.05) is 5.32 Å². The van der Waals surface area contributed by atoms with Gasteiger partial charge in [-0.1, -0.05) is 23.7 Å². The van der Waals surface area contributed by atoms with Gasteiger partial charge in [0, 0.05) is 16.6 Å². The number of aryl methyl sites for hydroxylation is 1. The molecule has 2 N–H and O–H groups in total. The van der Waals surface area contributed by atoms with E-state index in [1.165, 1.54) is 12.1 Å². The van der Waals surface area contributed by atoms with Crippen LogP contribution < -0.4 is 10.7 Å². The molecule has 0 aliphatic heterocycles. The topological polar surface area (TPSA) is 49.3 Å². The molecule has 1 heterocycles. The molecule has 0 unspecified atom stereocenters. The van der Waals surface area contributed by atoms with E-state index in [2.05, 4.69) is 20.8 Å². The second-order valence-electron chi connectivity index (χ2n) is 5.40. The molecular formula is C18H14ClFN4S. The SMILES string of the molecule is Cc1ccc2cc(/C=N\NC(=S)Nc3ccc(F)cc3)c(Cl)nc2c1. The van der Waals surface area contributed by atoms with Crippen molar-refractivity contribution in [1.29, 1.82) is 0 Å². The average Bonchev–Trinajstić information content (AvgIpc) is 2.57. The predicted molar refractivity (Wildman–Crippen MR) is 105 cm³/mol. The van der Waals surface area contributed by atoms with E-state index in [0.29, 0.717) is 16.4 Å². The second kappa shape index (κ2) is 7.55. The van der Waals surface area contributed by atoms with Crippen molar-refractivity contribution in [2.45, 2.75) is 6.92 Å². The Morgan fingerprint density at radius 2 is 1.96 bits per heavy atom. The molecule has 0 bridgehead atoms. The van der Waals surface area contributed by atoms with Gasteiger partial charge >= 0.3 is 0 Å². The van der Waals surface area contributed by atoms with E-state index in [1.807, 2.05) is 31.2 Å². The van der Waals surface area contributed by atoms with Gasteiger partial charge in [0.05, 0.1) is 11.7 Å². The van der Waals surface area contributed by atoms with E-state index >= 15 is 0 Å². The van der Waals surface area contributed by atoms with E-state index < -0.39 is 0 Å². The van der Waals surface area contributed by atoms with Gasteiger partial charge in [-0.25, -0.2) is 9.37 Å². The van der Waals surface area contributed by atoms with Crippen LogP contribution in [0.4, 0.5) is 10.1 Å². The first kappa shape index (κ1) is 17.3. The molecule has 0 spiro atoms. The molecule has 0 amide bonds. The highest BCUT2D eigenvalue weighted by molar-refractivity contribution is 7.80. The minimum atomic E-state index is -0.309. The number of thiocarbonyl (C=S) groups is 1. The molecule has 0 saturated carbocycles. The van der Waals surface area contributed by atoms with Gasteiger partial charge in [-0.2, -0.15) is 5.10 Å². The highest BCUT2D eigenvalue weighted by atomic mass is 35.5. The molecule has 2 aromatic carbocycles. The number of hydrazone groups is 1. The smallest absolute Gasteiger partial charge is 0.191 e. The molecule has 3 rings (SSSR count). The van der Waals surface area contributed by atoms with Crippen LogP contribution in [0, 0.1) is 12.7 Å². The number of hydrogen-bond donors (Lipinski definition) is 2. The fourth-order valence-corrected chi connectivity index (χ4v) is 2.58. The zero-order valence-electron chi connectivity index (χ0n) is 13.3. The Morgan fingerprint density at radius 3 is 2.72 bits per heavy atom. The number of aromatic nitrogens is 1. The number of rotatable bonds is 3. The number of anilines is 1. The molecule has 7 heteroatoms. The minimum absolute atomic E-state index is 0.281. The molecule has 3 aromatic rings. The van der Waals surface area contributed by atoms with E-state index in [-0.39, 0.29) is 10.9 Å². The van der Waals surface area contributed by atoms with E-state index in [9.17, 15) is 4.39 Å². The number of fused-ring (bicyclic) bond motifs is 1. The molecule has 0 atom stereocenters. The maximum absolute atomic E-state index is 12.9. The zero-order valence-corrected chi connectivity index (χ0v) is 14.8. The highest BCUT2D eigenvalue weighted by Gasteiger charge is 2.04. The van der Waals surface area contributed by atoms with E-state index in [0.717, 1.165) is 16.5 Å². The summed E-state index contributed by atoms with van der Waals surface area (Å²) in [6.45, 7) is 2.00. The van der Waals surface area contributed by atoms with E-state index in [4.69, 9.17) is 23.8 Å². The summed E-state index contributed by atoms with van der Waals surface area (Å²) in [6, 6.07) is 13.7. The number of nitrogens with one attached hydrogen (secondary N) is 2. The molecule has 0 saturated heterocycles. The predicted octanol–water partition coefficient (Wildman–Crippen LogP) is 4.66. The summed E-state index contributed by atoms with van der Waals surface area (Å²) < 4.78 is 12.9. The Labute approximate surface area is 154 Å². The first-order valence-electron chi connectivity index (χ1n) is 7.44. The van der Waals surface area contributed by atoms with Crippen molar-refractivity contribution in [3.63, 3.8) is 0 Å². The van der Waals surface area contributed by atoms with Crippen LogP contribution in [-0.2, 0) is 0 Å². The Morgan fingerprint density at radius 1 is 1.20 bits per heavy atom. The summed E-state index contributed by atoms with van der Waals surface area (Å²) in [7, 11) is 0. The zero-order chi connectivity index (χ0) is 17.8. The van der Waals surface area contributed by atoms with Crippen molar-refractivity contribution >= 4 is 51.7 Å². The first-order valence-corrected chi connectivity index (χ1v) is 8.22. The molecule has 126 valence electrons. The lowest BCUT2D eigenvalue weighted by Crippen LogP contribution is -2.23. The van der Waals surface area contributed by atoms with Gasteiger partial charge in [0.2, 0.25) is 0 Å². The van der Waals surface area contributed by atoms with Crippen molar-refractivity contribution < 1.29 is 4.39 Å². The Balaban J connectivity index is 1.68. The summed E-state index contributed by atoms with van der Waals surface area (Å²) in [5.74, 6) is -0.309. The molecular weight excluding hydrogens is 359 g/mol. The largest absolute Gasteiger partial charge is 0.331 e. The monoisotopic (exact) mass is 372 g/mol. The molecule has 0 aliphatic carbocycles. The number of benzene rings is 2. The molecule has 4 nitrogen and oxygen atoms in total. The van der Waals surface area contributed by atoms with Gasteiger partial charge in [-0.05, 0) is 61.1 Å². The van der Waals surface area contributed by atoms with Crippen LogP contribution >= 0.6 is 23.8 Å². The van der Waals surface area contributed by atoms with Gasteiger partial charge in [0.15, 0.2) is 5.11 Å². The molecule has 1 aromatic heterocycles. The Hall–Kier alpha value is -2.57. The standard InChI is InChI=1S/C18H14ClFN4S/c1-11-2-3-12-9-13(17(19)23-16(12)8-11)10-21-24-18(25)22-15-6-4-14(20)5-7-15/h2-10H,1H3,(H2,22,24,25)/b21-10-. The first-order chi connectivity index (χ1) is 12.0. The van der Waals surface area contributed by atoms with Crippen LogP contribution in [0.3, 0.4) is 0 Å².